The summed E-state index contributed by atoms with van der Waals surface area (Å²) in [6, 6.07) is 11.2. The van der Waals surface area contributed by atoms with E-state index in [0.717, 1.165) is 24.0 Å². The van der Waals surface area contributed by atoms with Crippen molar-refractivity contribution < 1.29 is 9.59 Å². The minimum absolute atomic E-state index is 0.0582. The van der Waals surface area contributed by atoms with Gasteiger partial charge in [0.15, 0.2) is 0 Å². The lowest BCUT2D eigenvalue weighted by Gasteiger charge is -2.17. The summed E-state index contributed by atoms with van der Waals surface area (Å²) in [5.74, 6) is -0.248. The van der Waals surface area contributed by atoms with Crippen molar-refractivity contribution in [2.45, 2.75) is 31.7 Å². The van der Waals surface area contributed by atoms with Crippen LogP contribution < -0.4 is 10.6 Å². The van der Waals surface area contributed by atoms with E-state index in [1.807, 2.05) is 36.4 Å². The predicted molar refractivity (Wildman–Crippen MR) is 88.7 cm³/mol. The van der Waals surface area contributed by atoms with Crippen LogP contribution in [-0.2, 0) is 9.59 Å². The van der Waals surface area contributed by atoms with Crippen LogP contribution in [0.15, 0.2) is 48.8 Å². The number of nitrogens with zero attached hydrogens (tertiary/aromatic N) is 1. The predicted octanol–water partition coefficient (Wildman–Crippen LogP) is 2.75. The van der Waals surface area contributed by atoms with Crippen LogP contribution in [-0.4, -0.2) is 22.8 Å². The summed E-state index contributed by atoms with van der Waals surface area (Å²) in [6.07, 6.45) is 6.20. The monoisotopic (exact) mass is 309 g/mol. The molecule has 5 nitrogen and oxygen atoms in total. The number of hydrogen-bond donors (Lipinski definition) is 2. The Kier molecular flexibility index (Phi) is 4.66. The molecule has 0 spiro atoms. The van der Waals surface area contributed by atoms with E-state index in [-0.39, 0.29) is 11.8 Å². The normalized spacial score (nSPS) is 17.9. The van der Waals surface area contributed by atoms with Crippen LogP contribution in [0.3, 0.4) is 0 Å². The molecule has 1 saturated heterocycles. The molecule has 5 heteroatoms. The van der Waals surface area contributed by atoms with Crippen molar-refractivity contribution in [1.82, 2.24) is 10.3 Å². The average molecular weight is 309 g/mol. The van der Waals surface area contributed by atoms with Crippen molar-refractivity contribution >= 4 is 17.5 Å². The Balaban J connectivity index is 1.80. The molecule has 1 aromatic heterocycles. The van der Waals surface area contributed by atoms with Crippen molar-refractivity contribution in [3.8, 4) is 11.1 Å². The van der Waals surface area contributed by atoms with Gasteiger partial charge in [0.2, 0.25) is 11.8 Å². The summed E-state index contributed by atoms with van der Waals surface area (Å²) in [5.41, 5.74) is 2.58. The van der Waals surface area contributed by atoms with Crippen molar-refractivity contribution in [2.24, 2.45) is 0 Å². The summed E-state index contributed by atoms with van der Waals surface area (Å²) < 4.78 is 0. The van der Waals surface area contributed by atoms with E-state index >= 15 is 0 Å². The maximum Gasteiger partial charge on any atom is 0.247 e. The van der Waals surface area contributed by atoms with Crippen LogP contribution in [0.25, 0.3) is 11.1 Å². The fourth-order valence-electron chi connectivity index (χ4n) is 2.75. The molecule has 1 aliphatic rings. The number of hydrogen-bond acceptors (Lipinski definition) is 3. The van der Waals surface area contributed by atoms with Crippen LogP contribution in [0, 0.1) is 0 Å². The van der Waals surface area contributed by atoms with Gasteiger partial charge in [-0.15, -0.1) is 0 Å². The lowest BCUT2D eigenvalue weighted by molar-refractivity contribution is -0.125. The number of benzene rings is 1. The Hall–Kier alpha value is -2.69. The van der Waals surface area contributed by atoms with Crippen LogP contribution >= 0.6 is 0 Å². The highest BCUT2D eigenvalue weighted by atomic mass is 16.2. The fraction of sp³-hybridized carbons (Fsp3) is 0.278. The molecule has 0 bridgehead atoms. The van der Waals surface area contributed by atoms with Gasteiger partial charge in [-0.2, -0.15) is 0 Å². The summed E-state index contributed by atoms with van der Waals surface area (Å²) >= 11 is 0. The zero-order valence-corrected chi connectivity index (χ0v) is 12.8. The first-order chi connectivity index (χ1) is 11.2. The van der Waals surface area contributed by atoms with Crippen LogP contribution in [0.1, 0.15) is 25.7 Å². The summed E-state index contributed by atoms with van der Waals surface area (Å²) in [4.78, 5) is 28.2. The minimum Gasteiger partial charge on any atom is -0.344 e. The first-order valence-corrected chi connectivity index (χ1v) is 7.84. The number of nitrogens with one attached hydrogen (secondary N) is 2. The highest BCUT2D eigenvalue weighted by Gasteiger charge is 2.23. The van der Waals surface area contributed by atoms with E-state index in [1.54, 1.807) is 12.4 Å². The zero-order chi connectivity index (χ0) is 16.1. The van der Waals surface area contributed by atoms with Crippen LogP contribution in [0.5, 0.6) is 0 Å². The Morgan fingerprint density at radius 2 is 2.00 bits per heavy atom. The lowest BCUT2D eigenvalue weighted by Crippen LogP contribution is -2.42. The molecular weight excluding hydrogens is 290 g/mol. The van der Waals surface area contributed by atoms with E-state index in [2.05, 4.69) is 15.6 Å². The summed E-state index contributed by atoms with van der Waals surface area (Å²) in [7, 11) is 0. The van der Waals surface area contributed by atoms with Gasteiger partial charge in [-0.05, 0) is 24.5 Å². The van der Waals surface area contributed by atoms with Crippen LogP contribution in [0.4, 0.5) is 5.69 Å². The van der Waals surface area contributed by atoms with Gasteiger partial charge in [-0.3, -0.25) is 14.6 Å². The molecule has 2 heterocycles. The lowest BCUT2D eigenvalue weighted by atomic mass is 10.0. The number of amides is 2. The molecule has 3 rings (SSSR count). The van der Waals surface area contributed by atoms with E-state index in [1.165, 1.54) is 0 Å². The molecule has 0 radical (unpaired) electrons. The van der Waals surface area contributed by atoms with Gasteiger partial charge < -0.3 is 10.6 Å². The first kappa shape index (κ1) is 15.2. The number of aromatic nitrogens is 1. The molecule has 1 aliphatic heterocycles. The SMILES string of the molecule is O=C1CCCCC(C(=O)Nc2cnccc2-c2ccccc2)N1. The van der Waals surface area contributed by atoms with Crippen molar-refractivity contribution in [1.29, 1.82) is 0 Å². The number of carbonyl (C=O) groups is 2. The second kappa shape index (κ2) is 7.05. The highest BCUT2D eigenvalue weighted by Crippen LogP contribution is 2.27. The van der Waals surface area contributed by atoms with Gasteiger partial charge in [0.25, 0.3) is 0 Å². The number of pyridine rings is 1. The van der Waals surface area contributed by atoms with Crippen molar-refractivity contribution in [3.05, 3.63) is 48.8 Å². The minimum atomic E-state index is -0.478. The summed E-state index contributed by atoms with van der Waals surface area (Å²) in [6.45, 7) is 0. The van der Waals surface area contributed by atoms with Crippen molar-refractivity contribution in [3.63, 3.8) is 0 Å². The maximum atomic E-state index is 12.5. The molecule has 0 aliphatic carbocycles. The standard InChI is InChI=1S/C18H19N3O2/c22-17-9-5-4-8-15(20-17)18(23)21-16-12-19-11-10-14(16)13-6-2-1-3-7-13/h1-3,6-7,10-12,15H,4-5,8-9H2,(H,20,22)(H,21,23). The van der Waals surface area contributed by atoms with E-state index in [9.17, 15) is 9.59 Å². The molecule has 1 atom stereocenters. The largest absolute Gasteiger partial charge is 0.344 e. The molecule has 118 valence electrons. The second-order valence-corrected chi connectivity index (χ2v) is 5.64. The summed E-state index contributed by atoms with van der Waals surface area (Å²) in [5, 5.41) is 5.70. The third-order valence-electron chi connectivity index (χ3n) is 3.96. The van der Waals surface area contributed by atoms with E-state index in [0.29, 0.717) is 18.5 Å². The van der Waals surface area contributed by atoms with Gasteiger partial charge in [0.1, 0.15) is 6.04 Å². The van der Waals surface area contributed by atoms with Gasteiger partial charge in [0.05, 0.1) is 11.9 Å². The first-order valence-electron chi connectivity index (χ1n) is 7.84. The molecule has 23 heavy (non-hydrogen) atoms. The molecule has 1 unspecified atom stereocenters. The van der Waals surface area contributed by atoms with Gasteiger partial charge in [-0.25, -0.2) is 0 Å². The molecule has 0 saturated carbocycles. The average Bonchev–Trinajstić information content (AvgIpc) is 2.81. The Morgan fingerprint density at radius 1 is 1.17 bits per heavy atom. The Labute approximate surface area is 135 Å². The topological polar surface area (TPSA) is 71.1 Å². The second-order valence-electron chi connectivity index (χ2n) is 5.64. The quantitative estimate of drug-likeness (QED) is 0.916. The molecule has 2 N–H and O–H groups in total. The van der Waals surface area contributed by atoms with Gasteiger partial charge in [0, 0.05) is 18.2 Å². The fourth-order valence-corrected chi connectivity index (χ4v) is 2.75. The number of rotatable bonds is 3. The number of carbonyl (C=O) groups excluding carboxylic acids is 2. The molecule has 2 aromatic rings. The van der Waals surface area contributed by atoms with E-state index in [4.69, 9.17) is 0 Å². The van der Waals surface area contributed by atoms with Crippen LogP contribution in [0.2, 0.25) is 0 Å². The van der Waals surface area contributed by atoms with Crippen molar-refractivity contribution in [2.75, 3.05) is 5.32 Å². The molecule has 1 aromatic carbocycles. The smallest absolute Gasteiger partial charge is 0.247 e. The maximum absolute atomic E-state index is 12.5. The van der Waals surface area contributed by atoms with Gasteiger partial charge in [-0.1, -0.05) is 36.8 Å². The Morgan fingerprint density at radius 3 is 2.83 bits per heavy atom. The molecular formula is C18H19N3O2. The third kappa shape index (κ3) is 3.74. The Bertz CT molecular complexity index is 700. The molecule has 2 amide bonds. The van der Waals surface area contributed by atoms with Gasteiger partial charge >= 0.3 is 0 Å². The highest BCUT2D eigenvalue weighted by molar-refractivity contribution is 6.00. The zero-order valence-electron chi connectivity index (χ0n) is 12.8. The number of anilines is 1. The van der Waals surface area contributed by atoms with E-state index < -0.39 is 6.04 Å². The molecule has 1 fully saturated rings. The third-order valence-corrected chi connectivity index (χ3v) is 3.96.